The van der Waals surface area contributed by atoms with Gasteiger partial charge in [0.2, 0.25) is 0 Å². The summed E-state index contributed by atoms with van der Waals surface area (Å²) in [6, 6.07) is 11.5. The Balaban J connectivity index is 2.16. The molecule has 0 saturated carbocycles. The maximum Gasteiger partial charge on any atom is 0.195 e. The van der Waals surface area contributed by atoms with E-state index in [1.807, 2.05) is 44.2 Å². The first-order chi connectivity index (χ1) is 9.58. The molecule has 0 saturated heterocycles. The van der Waals surface area contributed by atoms with Gasteiger partial charge in [-0.2, -0.15) is 0 Å². The van der Waals surface area contributed by atoms with Crippen molar-refractivity contribution in [3.8, 4) is 0 Å². The summed E-state index contributed by atoms with van der Waals surface area (Å²) in [7, 11) is 0. The summed E-state index contributed by atoms with van der Waals surface area (Å²) < 4.78 is 0. The second-order valence-corrected chi connectivity index (χ2v) is 5.10. The molecule has 0 spiro atoms. The van der Waals surface area contributed by atoms with Crippen molar-refractivity contribution in [2.24, 2.45) is 0 Å². The molecule has 1 aromatic heterocycles. The van der Waals surface area contributed by atoms with Gasteiger partial charge in [0.25, 0.3) is 0 Å². The fraction of sp³-hybridized carbons (Fsp3) is 0.118. The van der Waals surface area contributed by atoms with Crippen LogP contribution in [0.1, 0.15) is 27.0 Å². The molecule has 1 heterocycles. The first-order valence-electron chi connectivity index (χ1n) is 6.55. The minimum Gasteiger partial charge on any atom is -0.398 e. The molecule has 0 fully saturated rings. The van der Waals surface area contributed by atoms with Crippen LogP contribution in [-0.4, -0.2) is 10.8 Å². The quantitative estimate of drug-likeness (QED) is 0.549. The van der Waals surface area contributed by atoms with E-state index in [2.05, 4.69) is 4.98 Å². The number of carbonyl (C=O) groups is 1. The van der Waals surface area contributed by atoms with E-state index in [1.165, 1.54) is 0 Å². The monoisotopic (exact) mass is 264 g/mol. The van der Waals surface area contributed by atoms with E-state index < -0.39 is 0 Å². The highest BCUT2D eigenvalue weighted by Crippen LogP contribution is 2.24. The minimum absolute atomic E-state index is 0.00616. The van der Waals surface area contributed by atoms with E-state index in [-0.39, 0.29) is 5.78 Å². The maximum atomic E-state index is 12.7. The summed E-state index contributed by atoms with van der Waals surface area (Å²) in [5, 5.41) is 0.941. The van der Waals surface area contributed by atoms with Gasteiger partial charge in [0, 0.05) is 33.9 Å². The molecule has 0 bridgehead atoms. The van der Waals surface area contributed by atoms with Gasteiger partial charge in [-0.15, -0.1) is 0 Å². The number of nitrogens with one attached hydrogen (secondary N) is 1. The van der Waals surface area contributed by atoms with Gasteiger partial charge in [-0.3, -0.25) is 4.79 Å². The van der Waals surface area contributed by atoms with Gasteiger partial charge in [0.1, 0.15) is 0 Å². The van der Waals surface area contributed by atoms with Crippen molar-refractivity contribution < 1.29 is 4.79 Å². The van der Waals surface area contributed by atoms with E-state index in [0.29, 0.717) is 16.8 Å². The standard InChI is InChI=1S/C17H16N2O/c1-10-7-11(2)15(18)8-13(10)17(20)14-9-19-16-6-4-3-5-12(14)16/h3-9,19H,18H2,1-2H3. The number of H-pyrrole nitrogens is 1. The lowest BCUT2D eigenvalue weighted by molar-refractivity contribution is 0.104. The Morgan fingerprint density at radius 1 is 1.05 bits per heavy atom. The van der Waals surface area contributed by atoms with E-state index in [0.717, 1.165) is 22.0 Å². The number of aryl methyl sites for hydroxylation is 2. The van der Waals surface area contributed by atoms with Crippen molar-refractivity contribution in [2.45, 2.75) is 13.8 Å². The summed E-state index contributed by atoms with van der Waals surface area (Å²) in [5.41, 5.74) is 10.9. The van der Waals surface area contributed by atoms with Crippen LogP contribution >= 0.6 is 0 Å². The highest BCUT2D eigenvalue weighted by molar-refractivity contribution is 6.17. The fourth-order valence-electron chi connectivity index (χ4n) is 2.52. The number of hydrogen-bond donors (Lipinski definition) is 2. The molecule has 0 radical (unpaired) electrons. The summed E-state index contributed by atoms with van der Waals surface area (Å²) in [5.74, 6) is 0.00616. The van der Waals surface area contributed by atoms with Gasteiger partial charge in [-0.1, -0.05) is 24.3 Å². The summed E-state index contributed by atoms with van der Waals surface area (Å²) in [6.07, 6.45) is 1.77. The first kappa shape index (κ1) is 12.5. The zero-order valence-corrected chi connectivity index (χ0v) is 11.5. The number of aromatic amines is 1. The molecule has 3 heteroatoms. The number of anilines is 1. The van der Waals surface area contributed by atoms with Crippen LogP contribution in [0.2, 0.25) is 0 Å². The van der Waals surface area contributed by atoms with E-state index in [9.17, 15) is 4.79 Å². The Morgan fingerprint density at radius 2 is 1.80 bits per heavy atom. The number of rotatable bonds is 2. The van der Waals surface area contributed by atoms with E-state index in [4.69, 9.17) is 5.73 Å². The van der Waals surface area contributed by atoms with Gasteiger partial charge < -0.3 is 10.7 Å². The number of nitrogen functional groups attached to an aromatic ring is 1. The molecule has 20 heavy (non-hydrogen) atoms. The average Bonchev–Trinajstić information content (AvgIpc) is 2.86. The second-order valence-electron chi connectivity index (χ2n) is 5.10. The molecule has 0 aliphatic rings. The van der Waals surface area contributed by atoms with Gasteiger partial charge in [0.05, 0.1) is 0 Å². The number of fused-ring (bicyclic) bond motifs is 1. The van der Waals surface area contributed by atoms with Crippen molar-refractivity contribution in [1.29, 1.82) is 0 Å². The minimum atomic E-state index is 0.00616. The highest BCUT2D eigenvalue weighted by atomic mass is 16.1. The summed E-state index contributed by atoms with van der Waals surface area (Å²) in [4.78, 5) is 15.9. The number of carbonyl (C=O) groups excluding carboxylic acids is 1. The van der Waals surface area contributed by atoms with E-state index in [1.54, 1.807) is 12.3 Å². The first-order valence-corrected chi connectivity index (χ1v) is 6.55. The molecule has 0 aliphatic carbocycles. The van der Waals surface area contributed by atoms with Crippen LogP contribution in [-0.2, 0) is 0 Å². The predicted molar refractivity (Wildman–Crippen MR) is 82.1 cm³/mol. The average molecular weight is 264 g/mol. The zero-order chi connectivity index (χ0) is 14.3. The Kier molecular flexibility index (Phi) is 2.83. The largest absolute Gasteiger partial charge is 0.398 e. The Hall–Kier alpha value is -2.55. The van der Waals surface area contributed by atoms with Crippen LogP contribution in [0.15, 0.2) is 42.6 Å². The molecule has 0 amide bonds. The number of hydrogen-bond acceptors (Lipinski definition) is 2. The molecule has 3 aromatic rings. The van der Waals surface area contributed by atoms with Crippen molar-refractivity contribution in [3.63, 3.8) is 0 Å². The van der Waals surface area contributed by atoms with Crippen molar-refractivity contribution in [1.82, 2.24) is 4.98 Å². The molecular formula is C17H16N2O. The van der Waals surface area contributed by atoms with Crippen LogP contribution in [0.3, 0.4) is 0 Å². The van der Waals surface area contributed by atoms with Gasteiger partial charge in [0.15, 0.2) is 5.78 Å². The molecule has 3 nitrogen and oxygen atoms in total. The molecule has 0 aliphatic heterocycles. The smallest absolute Gasteiger partial charge is 0.195 e. The Bertz CT molecular complexity index is 815. The van der Waals surface area contributed by atoms with Crippen molar-refractivity contribution in [2.75, 3.05) is 5.73 Å². The van der Waals surface area contributed by atoms with E-state index >= 15 is 0 Å². The predicted octanol–water partition coefficient (Wildman–Crippen LogP) is 3.60. The molecule has 0 unspecified atom stereocenters. The van der Waals surface area contributed by atoms with Crippen molar-refractivity contribution >= 4 is 22.4 Å². The van der Waals surface area contributed by atoms with Crippen LogP contribution in [0.4, 0.5) is 5.69 Å². The highest BCUT2D eigenvalue weighted by Gasteiger charge is 2.16. The molecule has 3 N–H and O–H groups in total. The van der Waals surface area contributed by atoms with Crippen LogP contribution < -0.4 is 5.73 Å². The SMILES string of the molecule is Cc1cc(C)c(C(=O)c2c[nH]c3ccccc23)cc1N. The molecule has 0 atom stereocenters. The second kappa shape index (κ2) is 4.53. The van der Waals surface area contributed by atoms with Crippen LogP contribution in [0, 0.1) is 13.8 Å². The van der Waals surface area contributed by atoms with Gasteiger partial charge >= 0.3 is 0 Å². The van der Waals surface area contributed by atoms with Crippen molar-refractivity contribution in [3.05, 3.63) is 64.8 Å². The maximum absolute atomic E-state index is 12.7. The molecule has 2 aromatic carbocycles. The van der Waals surface area contributed by atoms with Gasteiger partial charge in [-0.25, -0.2) is 0 Å². The summed E-state index contributed by atoms with van der Waals surface area (Å²) >= 11 is 0. The number of nitrogens with two attached hydrogens (primary N) is 1. The third kappa shape index (κ3) is 1.88. The van der Waals surface area contributed by atoms with Crippen LogP contribution in [0.25, 0.3) is 10.9 Å². The Labute approximate surface area is 117 Å². The summed E-state index contributed by atoms with van der Waals surface area (Å²) in [6.45, 7) is 3.89. The number of para-hydroxylation sites is 1. The molecule has 3 rings (SSSR count). The molecular weight excluding hydrogens is 248 g/mol. The number of aromatic nitrogens is 1. The Morgan fingerprint density at radius 3 is 2.60 bits per heavy atom. The lowest BCUT2D eigenvalue weighted by Gasteiger charge is -2.08. The fourth-order valence-corrected chi connectivity index (χ4v) is 2.52. The number of benzene rings is 2. The third-order valence-corrected chi connectivity index (χ3v) is 3.69. The third-order valence-electron chi connectivity index (χ3n) is 3.69. The topological polar surface area (TPSA) is 58.9 Å². The normalized spacial score (nSPS) is 10.9. The van der Waals surface area contributed by atoms with Crippen LogP contribution in [0.5, 0.6) is 0 Å². The van der Waals surface area contributed by atoms with Gasteiger partial charge in [-0.05, 0) is 37.1 Å². The lowest BCUT2D eigenvalue weighted by atomic mass is 9.96. The molecule has 100 valence electrons. The zero-order valence-electron chi connectivity index (χ0n) is 11.5. The lowest BCUT2D eigenvalue weighted by Crippen LogP contribution is -2.05. The number of ketones is 1.